The van der Waals surface area contributed by atoms with Gasteiger partial charge in [0, 0.05) is 11.1 Å². The lowest BCUT2D eigenvalue weighted by Crippen LogP contribution is -2.31. The predicted molar refractivity (Wildman–Crippen MR) is 179 cm³/mol. The Kier molecular flexibility index (Phi) is 10.5. The van der Waals surface area contributed by atoms with Gasteiger partial charge < -0.3 is 9.05 Å². The van der Waals surface area contributed by atoms with Crippen molar-refractivity contribution in [3.63, 3.8) is 0 Å². The molecular weight excluding hydrogens is 523 g/mol. The van der Waals surface area contributed by atoms with Gasteiger partial charge >= 0.3 is 8.60 Å². The van der Waals surface area contributed by atoms with Crippen LogP contribution in [0.2, 0.25) is 0 Å². The van der Waals surface area contributed by atoms with Gasteiger partial charge in [-0.25, -0.2) is 0 Å². The van der Waals surface area contributed by atoms with E-state index in [-0.39, 0.29) is 27.8 Å². The van der Waals surface area contributed by atoms with Crippen molar-refractivity contribution in [2.75, 3.05) is 6.61 Å². The first kappa shape index (κ1) is 34.1. The Labute approximate surface area is 254 Å². The highest BCUT2D eigenvalue weighted by Gasteiger charge is 2.39. The average molecular weight is 583 g/mol. The van der Waals surface area contributed by atoms with Gasteiger partial charge in [0.05, 0.1) is 6.61 Å². The molecule has 1 aromatic rings. The van der Waals surface area contributed by atoms with Gasteiger partial charge in [-0.05, 0) is 68.4 Å². The highest BCUT2D eigenvalue weighted by molar-refractivity contribution is 7.42. The third-order valence-corrected chi connectivity index (χ3v) is 9.46. The van der Waals surface area contributed by atoms with Crippen LogP contribution in [0.25, 0.3) is 6.08 Å². The number of fused-ring (bicyclic) bond motifs is 2. The van der Waals surface area contributed by atoms with Crippen LogP contribution in [-0.4, -0.2) is 12.7 Å². The molecule has 1 aliphatic carbocycles. The molecule has 0 bridgehead atoms. The molecule has 0 N–H and O–H groups in total. The van der Waals surface area contributed by atoms with Gasteiger partial charge in [0.15, 0.2) is 0 Å². The highest BCUT2D eigenvalue weighted by Crippen LogP contribution is 2.54. The van der Waals surface area contributed by atoms with Crippen LogP contribution in [0.15, 0.2) is 41.0 Å². The SMILES string of the molecule is CCCCC(CC)COP1Oc2c(cc(C(C)(C)C)cc2C(C)(C)C)/C=C2/C=C(C(C)(C)C)C=C(C(C)(C)C)C2O1. The quantitative estimate of drug-likeness (QED) is 0.299. The summed E-state index contributed by atoms with van der Waals surface area (Å²) in [4.78, 5) is 0. The zero-order chi connectivity index (χ0) is 31.0. The number of rotatable bonds is 7. The highest BCUT2D eigenvalue weighted by atomic mass is 31.2. The summed E-state index contributed by atoms with van der Waals surface area (Å²) in [7, 11) is -1.63. The fraction of sp³-hybridized carbons (Fsp3) is 0.676. The monoisotopic (exact) mass is 582 g/mol. The molecule has 4 heteroatoms. The first-order valence-corrected chi connectivity index (χ1v) is 17.0. The maximum atomic E-state index is 6.96. The molecule has 0 spiro atoms. The van der Waals surface area contributed by atoms with Crippen molar-refractivity contribution >= 4 is 14.7 Å². The lowest BCUT2D eigenvalue weighted by molar-refractivity contribution is 0.151. The summed E-state index contributed by atoms with van der Waals surface area (Å²) in [6.45, 7) is 32.6. The molecule has 1 heterocycles. The third-order valence-electron chi connectivity index (χ3n) is 8.38. The van der Waals surface area contributed by atoms with Crippen LogP contribution in [0.3, 0.4) is 0 Å². The minimum absolute atomic E-state index is 0.0100. The molecule has 230 valence electrons. The van der Waals surface area contributed by atoms with Crippen molar-refractivity contribution in [1.82, 2.24) is 0 Å². The van der Waals surface area contributed by atoms with E-state index in [1.807, 2.05) is 0 Å². The van der Waals surface area contributed by atoms with E-state index in [1.165, 1.54) is 47.1 Å². The molecule has 0 amide bonds. The smallest absolute Gasteiger partial charge is 0.398 e. The van der Waals surface area contributed by atoms with Gasteiger partial charge in [-0.15, -0.1) is 0 Å². The summed E-state index contributed by atoms with van der Waals surface area (Å²) in [5.41, 5.74) is 7.29. The standard InChI is InChI=1S/C37H59O3P/c1-15-17-18-25(16-2)24-38-41-39-32-26(20-28(34(3,4)5)22-30(32)36(9,10)11)19-27-21-29(35(6,7)8)23-31(33(27)40-41)37(12,13)14/h19-23,25,32H,15-18,24H2,1-14H3/b26-19-. The summed E-state index contributed by atoms with van der Waals surface area (Å²) >= 11 is 0. The van der Waals surface area contributed by atoms with E-state index in [2.05, 4.69) is 127 Å². The molecule has 1 aromatic carbocycles. The second-order valence-corrected chi connectivity index (χ2v) is 17.4. The minimum Gasteiger partial charge on any atom is -0.426 e. The van der Waals surface area contributed by atoms with E-state index in [1.54, 1.807) is 0 Å². The summed E-state index contributed by atoms with van der Waals surface area (Å²) in [6.07, 6.45) is 11.6. The molecule has 3 atom stereocenters. The topological polar surface area (TPSA) is 27.7 Å². The van der Waals surface area contributed by atoms with Gasteiger partial charge in [0.1, 0.15) is 11.9 Å². The second kappa shape index (κ2) is 12.7. The van der Waals surface area contributed by atoms with Crippen LogP contribution in [0.5, 0.6) is 5.75 Å². The molecule has 0 saturated heterocycles. The summed E-state index contributed by atoms with van der Waals surface area (Å²) in [5, 5.41) is 0. The van der Waals surface area contributed by atoms with Crippen molar-refractivity contribution in [3.05, 3.63) is 57.7 Å². The molecule has 41 heavy (non-hydrogen) atoms. The Morgan fingerprint density at radius 3 is 1.98 bits per heavy atom. The lowest BCUT2D eigenvalue weighted by atomic mass is 9.72. The summed E-state index contributed by atoms with van der Waals surface area (Å²) < 4.78 is 20.5. The number of benzene rings is 1. The summed E-state index contributed by atoms with van der Waals surface area (Å²) in [6, 6.07) is 4.68. The van der Waals surface area contributed by atoms with Crippen molar-refractivity contribution in [2.45, 2.75) is 140 Å². The first-order valence-electron chi connectivity index (χ1n) is 15.9. The average Bonchev–Trinajstić information content (AvgIpc) is 2.81. The third kappa shape index (κ3) is 8.58. The van der Waals surface area contributed by atoms with E-state index in [9.17, 15) is 0 Å². The Hall–Kier alpha value is -1.41. The second-order valence-electron chi connectivity index (χ2n) is 16.3. The van der Waals surface area contributed by atoms with E-state index < -0.39 is 8.60 Å². The molecule has 3 nitrogen and oxygen atoms in total. The molecule has 0 fully saturated rings. The number of unbranched alkanes of at least 4 members (excludes halogenated alkanes) is 1. The lowest BCUT2D eigenvalue weighted by Gasteiger charge is -2.39. The van der Waals surface area contributed by atoms with Crippen LogP contribution >= 0.6 is 8.60 Å². The maximum absolute atomic E-state index is 6.96. The van der Waals surface area contributed by atoms with Crippen molar-refractivity contribution in [1.29, 1.82) is 0 Å². The summed E-state index contributed by atoms with van der Waals surface area (Å²) in [5.74, 6) is 1.41. The zero-order valence-corrected chi connectivity index (χ0v) is 29.6. The Bertz CT molecular complexity index is 1160. The van der Waals surface area contributed by atoms with Crippen LogP contribution in [0, 0.1) is 16.7 Å². The molecule has 0 radical (unpaired) electrons. The number of allylic oxidation sites excluding steroid dienone is 2. The van der Waals surface area contributed by atoms with Gasteiger partial charge in [-0.3, -0.25) is 4.52 Å². The normalized spacial score (nSPS) is 22.2. The van der Waals surface area contributed by atoms with E-state index in [4.69, 9.17) is 13.6 Å². The Morgan fingerprint density at radius 2 is 1.46 bits per heavy atom. The fourth-order valence-electron chi connectivity index (χ4n) is 5.33. The predicted octanol–water partition coefficient (Wildman–Crippen LogP) is 11.9. The Balaban J connectivity index is 2.27. The molecule has 1 aliphatic heterocycles. The molecule has 2 aliphatic rings. The first-order chi connectivity index (χ1) is 18.8. The van der Waals surface area contributed by atoms with Crippen molar-refractivity contribution in [2.24, 2.45) is 16.7 Å². The number of hydrogen-bond donors (Lipinski definition) is 0. The van der Waals surface area contributed by atoms with Gasteiger partial charge in [-0.1, -0.05) is 134 Å². The number of hydrogen-bond acceptors (Lipinski definition) is 3. The molecule has 0 aromatic heterocycles. The van der Waals surface area contributed by atoms with Crippen LogP contribution in [-0.2, 0) is 19.9 Å². The van der Waals surface area contributed by atoms with Crippen molar-refractivity contribution in [3.8, 4) is 5.75 Å². The van der Waals surface area contributed by atoms with Gasteiger partial charge in [-0.2, -0.15) is 0 Å². The largest absolute Gasteiger partial charge is 0.426 e. The van der Waals surface area contributed by atoms with Gasteiger partial charge in [0.25, 0.3) is 0 Å². The molecular formula is C37H59O3P. The van der Waals surface area contributed by atoms with Crippen LogP contribution in [0.4, 0.5) is 0 Å². The van der Waals surface area contributed by atoms with E-state index >= 15 is 0 Å². The van der Waals surface area contributed by atoms with E-state index in [0.717, 1.165) is 17.7 Å². The Morgan fingerprint density at radius 1 is 0.805 bits per heavy atom. The zero-order valence-electron chi connectivity index (χ0n) is 28.7. The molecule has 0 saturated carbocycles. The molecule has 3 rings (SSSR count). The molecule has 3 unspecified atom stereocenters. The van der Waals surface area contributed by atoms with Crippen LogP contribution in [0.1, 0.15) is 139 Å². The van der Waals surface area contributed by atoms with E-state index in [0.29, 0.717) is 12.5 Å². The maximum Gasteiger partial charge on any atom is 0.398 e. The fourth-order valence-corrected chi connectivity index (χ4v) is 6.58. The van der Waals surface area contributed by atoms with Gasteiger partial charge in [0.2, 0.25) is 0 Å². The van der Waals surface area contributed by atoms with Crippen LogP contribution < -0.4 is 4.52 Å². The van der Waals surface area contributed by atoms with Crippen molar-refractivity contribution < 1.29 is 13.6 Å². The minimum atomic E-state index is -1.63.